The maximum absolute atomic E-state index is 11.8. The van der Waals surface area contributed by atoms with Gasteiger partial charge in [-0.25, -0.2) is 4.79 Å². The van der Waals surface area contributed by atoms with E-state index in [1.54, 1.807) is 6.92 Å². The molecule has 1 heterocycles. The van der Waals surface area contributed by atoms with Crippen LogP contribution in [0.3, 0.4) is 0 Å². The second-order valence-electron chi connectivity index (χ2n) is 4.75. The Hall–Kier alpha value is -2.45. The topological polar surface area (TPSA) is 127 Å². The van der Waals surface area contributed by atoms with Crippen LogP contribution in [-0.4, -0.2) is 37.5 Å². The summed E-state index contributed by atoms with van der Waals surface area (Å²) in [5.74, 6) is -1.96. The highest BCUT2D eigenvalue weighted by molar-refractivity contribution is 5.83. The molecule has 0 fully saturated rings. The molecule has 21 heavy (non-hydrogen) atoms. The number of carboxylic acid groups (broad SMARTS) is 1. The van der Waals surface area contributed by atoms with Gasteiger partial charge in [0.15, 0.2) is 0 Å². The molecule has 9 nitrogen and oxygen atoms in total. The van der Waals surface area contributed by atoms with Crippen LogP contribution in [0.5, 0.6) is 0 Å². The van der Waals surface area contributed by atoms with E-state index in [4.69, 9.17) is 5.11 Å². The number of nitrogens with one attached hydrogen (secondary N) is 1. The quantitative estimate of drug-likeness (QED) is 0.539. The Balaban J connectivity index is 2.52. The number of aliphatic carboxylic acids is 1. The number of aromatic nitrogens is 2. The van der Waals surface area contributed by atoms with E-state index in [9.17, 15) is 19.7 Å². The minimum atomic E-state index is -1.07. The van der Waals surface area contributed by atoms with Crippen LogP contribution in [0.25, 0.3) is 0 Å². The maximum Gasteiger partial charge on any atom is 0.381 e. The Morgan fingerprint density at radius 2 is 2.24 bits per heavy atom. The van der Waals surface area contributed by atoms with Crippen LogP contribution in [0.15, 0.2) is 12.5 Å². The molecule has 0 spiro atoms. The Morgan fingerprint density at radius 3 is 2.71 bits per heavy atom. The van der Waals surface area contributed by atoms with E-state index >= 15 is 0 Å². The standard InChI is InChI=1S/C12H18N4O5/c1-3-8(2)11(12(18)19)14-10(17)4-5-15-6-9(13-7-15)16(20)21/h6-8,11H,3-5H2,1-2H3,(H,14,17)(H,18,19)/t8-,11-/m0/s1. The Morgan fingerprint density at radius 1 is 1.57 bits per heavy atom. The smallest absolute Gasteiger partial charge is 0.381 e. The summed E-state index contributed by atoms with van der Waals surface area (Å²) in [4.78, 5) is 36.2. The van der Waals surface area contributed by atoms with Crippen molar-refractivity contribution in [3.8, 4) is 0 Å². The molecule has 0 saturated carbocycles. The van der Waals surface area contributed by atoms with E-state index in [1.165, 1.54) is 17.1 Å². The van der Waals surface area contributed by atoms with E-state index in [0.29, 0.717) is 6.42 Å². The zero-order valence-corrected chi connectivity index (χ0v) is 11.9. The van der Waals surface area contributed by atoms with Gasteiger partial charge < -0.3 is 25.1 Å². The van der Waals surface area contributed by atoms with Gasteiger partial charge in [-0.1, -0.05) is 20.3 Å². The molecule has 1 aromatic rings. The molecule has 1 rings (SSSR count). The van der Waals surface area contributed by atoms with Gasteiger partial charge in [-0.3, -0.25) is 4.79 Å². The number of carbonyl (C=O) groups excluding carboxylic acids is 1. The number of nitro groups is 1. The summed E-state index contributed by atoms with van der Waals surface area (Å²) in [6, 6.07) is -0.931. The lowest BCUT2D eigenvalue weighted by Gasteiger charge is -2.20. The van der Waals surface area contributed by atoms with Gasteiger partial charge in [0, 0.05) is 13.0 Å². The number of carboxylic acids is 1. The van der Waals surface area contributed by atoms with Crippen LogP contribution < -0.4 is 5.32 Å². The lowest BCUT2D eigenvalue weighted by atomic mass is 9.99. The number of hydrogen-bond acceptors (Lipinski definition) is 5. The molecule has 0 radical (unpaired) electrons. The summed E-state index contributed by atoms with van der Waals surface area (Å²) in [6.07, 6.45) is 3.13. The molecule has 2 N–H and O–H groups in total. The van der Waals surface area contributed by atoms with Gasteiger partial charge in [-0.15, -0.1) is 0 Å². The molecular formula is C12H18N4O5. The minimum absolute atomic E-state index is 0.0216. The predicted molar refractivity (Wildman–Crippen MR) is 72.5 cm³/mol. The van der Waals surface area contributed by atoms with Crippen LogP contribution in [0.1, 0.15) is 26.7 Å². The molecule has 0 bridgehead atoms. The minimum Gasteiger partial charge on any atom is -0.480 e. The van der Waals surface area contributed by atoms with Crippen LogP contribution >= 0.6 is 0 Å². The average Bonchev–Trinajstić information content (AvgIpc) is 2.90. The van der Waals surface area contributed by atoms with Crippen molar-refractivity contribution in [2.45, 2.75) is 39.3 Å². The van der Waals surface area contributed by atoms with Crippen LogP contribution in [0, 0.1) is 16.0 Å². The first-order valence-corrected chi connectivity index (χ1v) is 6.53. The van der Waals surface area contributed by atoms with Crippen LogP contribution in [-0.2, 0) is 16.1 Å². The first-order valence-electron chi connectivity index (χ1n) is 6.53. The van der Waals surface area contributed by atoms with Gasteiger partial charge in [0.2, 0.25) is 12.2 Å². The van der Waals surface area contributed by atoms with E-state index in [-0.39, 0.29) is 24.7 Å². The second kappa shape index (κ2) is 7.36. The van der Waals surface area contributed by atoms with Crippen molar-refractivity contribution < 1.29 is 19.6 Å². The Labute approximate surface area is 121 Å². The number of nitrogens with zero attached hydrogens (tertiary/aromatic N) is 3. The number of imidazole rings is 1. The van der Waals surface area contributed by atoms with E-state index < -0.39 is 22.8 Å². The third-order valence-corrected chi connectivity index (χ3v) is 3.20. The van der Waals surface area contributed by atoms with Gasteiger partial charge in [-0.2, -0.15) is 0 Å². The summed E-state index contributed by atoms with van der Waals surface area (Å²) in [6.45, 7) is 3.79. The number of aryl methyl sites for hydroxylation is 1. The van der Waals surface area contributed by atoms with Crippen LogP contribution in [0.4, 0.5) is 5.82 Å². The lowest BCUT2D eigenvalue weighted by molar-refractivity contribution is -0.389. The van der Waals surface area contributed by atoms with E-state index in [2.05, 4.69) is 10.3 Å². The molecule has 1 aromatic heterocycles. The average molecular weight is 298 g/mol. The zero-order chi connectivity index (χ0) is 16.0. The number of carbonyl (C=O) groups is 2. The summed E-state index contributed by atoms with van der Waals surface area (Å²) in [5.41, 5.74) is 0. The molecule has 1 amide bonds. The van der Waals surface area contributed by atoms with E-state index in [0.717, 1.165) is 0 Å². The van der Waals surface area contributed by atoms with Crippen molar-refractivity contribution in [1.82, 2.24) is 14.9 Å². The molecule has 0 unspecified atom stereocenters. The fourth-order valence-corrected chi connectivity index (χ4v) is 1.72. The summed E-state index contributed by atoms with van der Waals surface area (Å²) in [5, 5.41) is 22.0. The van der Waals surface area contributed by atoms with Gasteiger partial charge >= 0.3 is 11.8 Å². The molecule has 0 aliphatic carbocycles. The second-order valence-corrected chi connectivity index (χ2v) is 4.75. The van der Waals surface area contributed by atoms with Gasteiger partial charge in [-0.05, 0) is 15.8 Å². The van der Waals surface area contributed by atoms with Crippen molar-refractivity contribution in [1.29, 1.82) is 0 Å². The first kappa shape index (κ1) is 16.6. The fraction of sp³-hybridized carbons (Fsp3) is 0.583. The SMILES string of the molecule is CC[C@H](C)[C@H](NC(=O)CCn1cnc([N+](=O)[O-])c1)C(=O)O. The molecule has 0 aliphatic rings. The highest BCUT2D eigenvalue weighted by atomic mass is 16.6. The highest BCUT2D eigenvalue weighted by Gasteiger charge is 2.25. The van der Waals surface area contributed by atoms with Crippen molar-refractivity contribution in [3.63, 3.8) is 0 Å². The van der Waals surface area contributed by atoms with Crippen LogP contribution in [0.2, 0.25) is 0 Å². The lowest BCUT2D eigenvalue weighted by Crippen LogP contribution is -2.45. The number of rotatable bonds is 8. The molecule has 0 aliphatic heterocycles. The normalized spacial score (nSPS) is 13.4. The summed E-state index contributed by atoms with van der Waals surface area (Å²) >= 11 is 0. The zero-order valence-electron chi connectivity index (χ0n) is 11.9. The molecular weight excluding hydrogens is 280 g/mol. The molecule has 9 heteroatoms. The Bertz CT molecular complexity index is 527. The third-order valence-electron chi connectivity index (χ3n) is 3.20. The van der Waals surface area contributed by atoms with Gasteiger partial charge in [0.25, 0.3) is 0 Å². The van der Waals surface area contributed by atoms with Gasteiger partial charge in [0.05, 0.1) is 0 Å². The molecule has 0 aromatic carbocycles. The van der Waals surface area contributed by atoms with Crippen molar-refractivity contribution in [3.05, 3.63) is 22.6 Å². The summed E-state index contributed by atoms with van der Waals surface area (Å²) in [7, 11) is 0. The fourth-order valence-electron chi connectivity index (χ4n) is 1.72. The number of amides is 1. The molecule has 0 saturated heterocycles. The first-order chi connectivity index (χ1) is 9.85. The van der Waals surface area contributed by atoms with Gasteiger partial charge in [0.1, 0.15) is 12.2 Å². The maximum atomic E-state index is 11.8. The summed E-state index contributed by atoms with van der Waals surface area (Å²) < 4.78 is 1.41. The number of hydrogen-bond donors (Lipinski definition) is 2. The molecule has 2 atom stereocenters. The molecule has 116 valence electrons. The van der Waals surface area contributed by atoms with Crippen molar-refractivity contribution in [2.24, 2.45) is 5.92 Å². The Kier molecular flexibility index (Phi) is 5.82. The van der Waals surface area contributed by atoms with Crippen molar-refractivity contribution in [2.75, 3.05) is 0 Å². The predicted octanol–water partition coefficient (Wildman–Crippen LogP) is 0.797. The largest absolute Gasteiger partial charge is 0.480 e. The highest BCUT2D eigenvalue weighted by Crippen LogP contribution is 2.09. The van der Waals surface area contributed by atoms with E-state index in [1.807, 2.05) is 6.92 Å². The third kappa shape index (κ3) is 4.86. The monoisotopic (exact) mass is 298 g/mol. The van der Waals surface area contributed by atoms with Crippen molar-refractivity contribution >= 4 is 17.7 Å².